The zero-order valence-corrected chi connectivity index (χ0v) is 17.6. The minimum absolute atomic E-state index is 0.0759. The van der Waals surface area contributed by atoms with Gasteiger partial charge in [-0.1, -0.05) is 23.2 Å². The van der Waals surface area contributed by atoms with Gasteiger partial charge in [-0.25, -0.2) is 0 Å². The zero-order chi connectivity index (χ0) is 20.8. The van der Waals surface area contributed by atoms with Gasteiger partial charge in [0.05, 0.1) is 5.69 Å². The highest BCUT2D eigenvalue weighted by molar-refractivity contribution is 6.31. The average Bonchev–Trinajstić information content (AvgIpc) is 3.09. The van der Waals surface area contributed by atoms with Gasteiger partial charge < -0.3 is 19.9 Å². The number of aliphatic hydroxyl groups is 1. The molecule has 0 aliphatic carbocycles. The van der Waals surface area contributed by atoms with Crippen molar-refractivity contribution in [2.24, 2.45) is 0 Å². The highest BCUT2D eigenvalue weighted by Crippen LogP contribution is 2.28. The summed E-state index contributed by atoms with van der Waals surface area (Å²) in [5.74, 6) is 1.04. The van der Waals surface area contributed by atoms with Crippen LogP contribution < -0.4 is 14.8 Å². The molecule has 1 aliphatic rings. The largest absolute Gasteiger partial charge is 0.489 e. The number of aliphatic hydroxyl groups excluding tert-OH is 1. The van der Waals surface area contributed by atoms with Crippen LogP contribution in [0.4, 0.5) is 5.69 Å². The van der Waals surface area contributed by atoms with Gasteiger partial charge in [-0.3, -0.25) is 9.69 Å². The highest BCUT2D eigenvalue weighted by atomic mass is 35.5. The molecular formula is C21H24Cl2N2O4. The number of ether oxygens (including phenoxy) is 2. The van der Waals surface area contributed by atoms with E-state index < -0.39 is 6.10 Å². The van der Waals surface area contributed by atoms with E-state index in [-0.39, 0.29) is 18.6 Å². The van der Waals surface area contributed by atoms with Crippen LogP contribution in [0, 0.1) is 0 Å². The van der Waals surface area contributed by atoms with E-state index in [1.54, 1.807) is 30.3 Å². The summed E-state index contributed by atoms with van der Waals surface area (Å²) in [5, 5.41) is 14.2. The number of β-amino-alcohol motifs (C(OH)–C–C–N with tert-alkyl or cyclic N) is 1. The van der Waals surface area contributed by atoms with Gasteiger partial charge in [0.25, 0.3) is 0 Å². The van der Waals surface area contributed by atoms with Crippen molar-refractivity contribution < 1.29 is 19.4 Å². The highest BCUT2D eigenvalue weighted by Gasteiger charge is 2.25. The molecule has 6 nitrogen and oxygen atoms in total. The number of hydrogen-bond donors (Lipinski definition) is 2. The first kappa shape index (κ1) is 21.7. The summed E-state index contributed by atoms with van der Waals surface area (Å²) in [6, 6.07) is 12.3. The first-order valence-corrected chi connectivity index (χ1v) is 10.2. The Morgan fingerprint density at radius 2 is 1.97 bits per heavy atom. The lowest BCUT2D eigenvalue weighted by atomic mass is 10.3. The number of nitrogens with zero attached hydrogens (tertiary/aromatic N) is 1. The fraction of sp³-hybridized carbons (Fsp3) is 0.381. The molecule has 8 heteroatoms. The molecule has 156 valence electrons. The van der Waals surface area contributed by atoms with Crippen molar-refractivity contribution in [2.45, 2.75) is 25.6 Å². The van der Waals surface area contributed by atoms with Crippen LogP contribution in [-0.2, 0) is 4.79 Å². The molecule has 1 fully saturated rings. The number of nitrogens with one attached hydrogen (secondary N) is 1. The number of hydrogen-bond acceptors (Lipinski definition) is 5. The number of rotatable bonds is 8. The maximum absolute atomic E-state index is 11.3. The van der Waals surface area contributed by atoms with Gasteiger partial charge in [0.15, 0.2) is 0 Å². The summed E-state index contributed by atoms with van der Waals surface area (Å²) in [4.78, 5) is 13.5. The van der Waals surface area contributed by atoms with Crippen LogP contribution in [0.1, 0.15) is 13.3 Å². The Labute approximate surface area is 180 Å². The third kappa shape index (κ3) is 6.78. The van der Waals surface area contributed by atoms with E-state index in [2.05, 4.69) is 10.2 Å². The quantitative estimate of drug-likeness (QED) is 0.654. The van der Waals surface area contributed by atoms with Crippen LogP contribution >= 0.6 is 23.2 Å². The molecule has 2 aromatic carbocycles. The summed E-state index contributed by atoms with van der Waals surface area (Å²) in [6.45, 7) is 3.57. The molecule has 0 saturated carbocycles. The summed E-state index contributed by atoms with van der Waals surface area (Å²) < 4.78 is 11.7. The van der Waals surface area contributed by atoms with Gasteiger partial charge in [-0.05, 0) is 48.9 Å². The standard InChI is InChI=1S/C21H24Cl2N2O4/c1-14(26)24-20-10-16(23)4-7-21(20)28-13-17(27)11-25-9-8-19(12-25)29-18-5-2-15(22)3-6-18/h2-7,10,17,19,27H,8-9,11-13H2,1H3,(H,24,26)/t17-,19-/m1/s1. The van der Waals surface area contributed by atoms with Gasteiger partial charge >= 0.3 is 0 Å². The number of likely N-dealkylation sites (tertiary alicyclic amines) is 1. The molecule has 1 saturated heterocycles. The van der Waals surface area contributed by atoms with Gasteiger partial charge in [-0.15, -0.1) is 0 Å². The number of anilines is 1. The molecule has 0 aromatic heterocycles. The normalized spacial score (nSPS) is 17.7. The van der Waals surface area contributed by atoms with E-state index in [0.717, 1.165) is 25.3 Å². The molecule has 0 spiro atoms. The number of carbonyl (C=O) groups is 1. The Morgan fingerprint density at radius 1 is 1.24 bits per heavy atom. The monoisotopic (exact) mass is 438 g/mol. The van der Waals surface area contributed by atoms with Gasteiger partial charge in [-0.2, -0.15) is 0 Å². The predicted octanol–water partition coefficient (Wildman–Crippen LogP) is 3.84. The Bertz CT molecular complexity index is 832. The van der Waals surface area contributed by atoms with Crippen molar-refractivity contribution in [3.05, 3.63) is 52.5 Å². The lowest BCUT2D eigenvalue weighted by Crippen LogP contribution is -2.35. The van der Waals surface area contributed by atoms with Gasteiger partial charge in [0.1, 0.15) is 30.3 Å². The molecule has 3 rings (SSSR count). The van der Waals surface area contributed by atoms with Crippen LogP contribution in [-0.4, -0.2) is 54.4 Å². The topological polar surface area (TPSA) is 71.0 Å². The number of halogens is 2. The summed E-state index contributed by atoms with van der Waals surface area (Å²) in [7, 11) is 0. The van der Waals surface area contributed by atoms with E-state index in [1.165, 1.54) is 6.92 Å². The van der Waals surface area contributed by atoms with E-state index in [0.29, 0.717) is 28.0 Å². The van der Waals surface area contributed by atoms with Crippen LogP contribution in [0.15, 0.2) is 42.5 Å². The lowest BCUT2D eigenvalue weighted by Gasteiger charge is -2.21. The van der Waals surface area contributed by atoms with Crippen LogP contribution in [0.2, 0.25) is 10.0 Å². The Balaban J connectivity index is 1.46. The minimum atomic E-state index is -0.676. The van der Waals surface area contributed by atoms with E-state index in [1.807, 2.05) is 12.1 Å². The van der Waals surface area contributed by atoms with Crippen molar-refractivity contribution in [1.82, 2.24) is 4.90 Å². The maximum atomic E-state index is 11.3. The van der Waals surface area contributed by atoms with Crippen molar-refractivity contribution in [2.75, 3.05) is 31.6 Å². The summed E-state index contributed by atoms with van der Waals surface area (Å²) in [6.07, 6.45) is 0.289. The second-order valence-electron chi connectivity index (χ2n) is 7.03. The summed E-state index contributed by atoms with van der Waals surface area (Å²) in [5.41, 5.74) is 0.481. The Kier molecular flexibility index (Phi) is 7.61. The molecule has 0 unspecified atom stereocenters. The first-order valence-electron chi connectivity index (χ1n) is 9.41. The number of benzene rings is 2. The molecule has 29 heavy (non-hydrogen) atoms. The molecular weight excluding hydrogens is 415 g/mol. The SMILES string of the molecule is CC(=O)Nc1cc(Cl)ccc1OC[C@H](O)CN1CC[C@@H](Oc2ccc(Cl)cc2)C1. The lowest BCUT2D eigenvalue weighted by molar-refractivity contribution is -0.114. The zero-order valence-electron chi connectivity index (χ0n) is 16.1. The van der Waals surface area contributed by atoms with E-state index in [4.69, 9.17) is 32.7 Å². The first-order chi connectivity index (χ1) is 13.9. The maximum Gasteiger partial charge on any atom is 0.221 e. The molecule has 0 radical (unpaired) electrons. The van der Waals surface area contributed by atoms with E-state index >= 15 is 0 Å². The summed E-state index contributed by atoms with van der Waals surface area (Å²) >= 11 is 11.9. The van der Waals surface area contributed by atoms with Crippen LogP contribution in [0.3, 0.4) is 0 Å². The second-order valence-corrected chi connectivity index (χ2v) is 7.90. The Hall–Kier alpha value is -1.99. The molecule has 1 amide bonds. The van der Waals surface area contributed by atoms with Crippen molar-refractivity contribution in [3.8, 4) is 11.5 Å². The van der Waals surface area contributed by atoms with Crippen LogP contribution in [0.5, 0.6) is 11.5 Å². The number of amides is 1. The third-order valence-corrected chi connectivity index (χ3v) is 4.99. The average molecular weight is 439 g/mol. The van der Waals surface area contributed by atoms with E-state index in [9.17, 15) is 9.90 Å². The molecule has 1 aliphatic heterocycles. The smallest absolute Gasteiger partial charge is 0.221 e. The second kappa shape index (κ2) is 10.2. The molecule has 1 heterocycles. The van der Waals surface area contributed by atoms with Crippen LogP contribution in [0.25, 0.3) is 0 Å². The Morgan fingerprint density at radius 3 is 2.69 bits per heavy atom. The fourth-order valence-corrected chi connectivity index (χ4v) is 3.51. The third-order valence-electron chi connectivity index (χ3n) is 4.50. The molecule has 2 N–H and O–H groups in total. The predicted molar refractivity (Wildman–Crippen MR) is 114 cm³/mol. The van der Waals surface area contributed by atoms with Crippen molar-refractivity contribution in [1.29, 1.82) is 0 Å². The van der Waals surface area contributed by atoms with Crippen molar-refractivity contribution >= 4 is 34.8 Å². The fourth-order valence-electron chi connectivity index (χ4n) is 3.22. The molecule has 2 atom stereocenters. The van der Waals surface area contributed by atoms with Gasteiger partial charge in [0.2, 0.25) is 5.91 Å². The number of carbonyl (C=O) groups excluding carboxylic acids is 1. The van der Waals surface area contributed by atoms with Gasteiger partial charge in [0, 0.05) is 36.6 Å². The minimum Gasteiger partial charge on any atom is -0.489 e. The molecule has 0 bridgehead atoms. The molecule has 2 aromatic rings. The van der Waals surface area contributed by atoms with Crippen molar-refractivity contribution in [3.63, 3.8) is 0 Å².